The number of phosphoric ester groups is 1. The van der Waals surface area contributed by atoms with E-state index < -0.39 is 91.4 Å². The first-order valence-electron chi connectivity index (χ1n) is 13.8. The van der Waals surface area contributed by atoms with E-state index in [0.717, 1.165) is 0 Å². The summed E-state index contributed by atoms with van der Waals surface area (Å²) in [5.74, 6) is -0.234. The predicted molar refractivity (Wildman–Crippen MR) is 165 cm³/mol. The number of nitrogen functional groups attached to an aromatic ring is 1. The maximum absolute atomic E-state index is 13.5. The van der Waals surface area contributed by atoms with Crippen LogP contribution < -0.4 is 22.1 Å². The first-order valence-corrected chi connectivity index (χ1v) is 20.1. The Labute approximate surface area is 274 Å². The van der Waals surface area contributed by atoms with Crippen LogP contribution in [0.25, 0.3) is 11.2 Å². The van der Waals surface area contributed by atoms with Crippen molar-refractivity contribution in [1.82, 2.24) is 35.1 Å². The number of carbonyl (C=O) groups excluding carboxylic acids is 1. The number of thiol groups is 1. The van der Waals surface area contributed by atoms with Gasteiger partial charge in [-0.15, -0.1) is 11.8 Å². The molecule has 0 spiro atoms. The third-order valence-corrected chi connectivity index (χ3v) is 13.2. The van der Waals surface area contributed by atoms with Gasteiger partial charge in [-0.3, -0.25) is 34.5 Å². The number of thioether (sulfide) groups is 1. The number of ether oxygens (including phenoxy) is 2. The van der Waals surface area contributed by atoms with Gasteiger partial charge in [-0.1, -0.05) is 12.2 Å². The molecule has 6 unspecified atom stereocenters. The second-order valence-electron chi connectivity index (χ2n) is 11.3. The fraction of sp³-hybridized carbons (Fsp3) is 0.667. The summed E-state index contributed by atoms with van der Waals surface area (Å²) in [4.78, 5) is 41.9. The molecule has 46 heavy (non-hydrogen) atoms. The van der Waals surface area contributed by atoms with Gasteiger partial charge in [0.15, 0.2) is 23.7 Å². The number of imidazole rings is 1. The summed E-state index contributed by atoms with van der Waals surface area (Å²) in [5.41, 5.74) is 7.76. The third kappa shape index (κ3) is 5.20. The number of nitrogens with two attached hydrogens (primary N) is 2. The summed E-state index contributed by atoms with van der Waals surface area (Å²) in [5, 5.41) is 15.4. The zero-order valence-corrected chi connectivity index (χ0v) is 27.6. The minimum Gasteiger partial charge on any atom is -0.389 e. The normalized spacial score (nSPS) is 47.2. The summed E-state index contributed by atoms with van der Waals surface area (Å²) >= 11 is 11.4. The Bertz CT molecular complexity index is 1710. The van der Waals surface area contributed by atoms with Gasteiger partial charge >= 0.3 is 7.82 Å². The highest BCUT2D eigenvalue weighted by atomic mass is 32.9. The van der Waals surface area contributed by atoms with Gasteiger partial charge in [-0.2, -0.15) is 0 Å². The van der Waals surface area contributed by atoms with E-state index in [9.17, 15) is 19.4 Å². The fourth-order valence-corrected chi connectivity index (χ4v) is 11.1. The average Bonchev–Trinajstić information content (AvgIpc) is 3.80. The van der Waals surface area contributed by atoms with Crippen LogP contribution >= 0.6 is 37.5 Å². The molecule has 20 nitrogen and oxygen atoms in total. The number of nitrogens with one attached hydrogen (secondary N) is 2. The molecule has 4 bridgehead atoms. The Morgan fingerprint density at radius 1 is 1.22 bits per heavy atom. The molecule has 0 aromatic carbocycles. The molecule has 6 aliphatic rings. The number of anilines is 1. The number of aromatic nitrogens is 4. The number of hydrogen-bond acceptors (Lipinski definition) is 19. The number of hydrogen-bond donors (Lipinski definition) is 7. The van der Waals surface area contributed by atoms with Gasteiger partial charge in [0, 0.05) is 0 Å². The van der Waals surface area contributed by atoms with Crippen LogP contribution in [0.2, 0.25) is 0 Å². The first kappa shape index (κ1) is 31.7. The van der Waals surface area contributed by atoms with Crippen LogP contribution in [0.5, 0.6) is 0 Å². The zero-order chi connectivity index (χ0) is 32.2. The lowest BCUT2D eigenvalue weighted by molar-refractivity contribution is -0.184. The van der Waals surface area contributed by atoms with E-state index in [-0.39, 0.29) is 19.0 Å². The van der Waals surface area contributed by atoms with Gasteiger partial charge in [0.05, 0.1) is 43.8 Å². The highest BCUT2D eigenvalue weighted by Crippen LogP contribution is 2.62. The molecule has 25 heteroatoms. The Hall–Kier alpha value is -1.53. The molecular formula is C21H28N10O10P2S3. The third-order valence-electron chi connectivity index (χ3n) is 8.51. The quantitative estimate of drug-likeness (QED) is 0.129. The van der Waals surface area contributed by atoms with Crippen LogP contribution in [0.3, 0.4) is 0 Å². The van der Waals surface area contributed by atoms with Crippen LogP contribution in [0, 0.1) is 0 Å². The minimum absolute atomic E-state index is 0.0971. The molecular weight excluding hydrogens is 710 g/mol. The van der Waals surface area contributed by atoms with E-state index in [1.807, 2.05) is 0 Å². The molecule has 5 saturated heterocycles. The van der Waals surface area contributed by atoms with Gasteiger partial charge < -0.3 is 44.5 Å². The second kappa shape index (κ2) is 11.3. The standard InChI is InChI=1S/C21H28N10O10P2S3/c22-14-8-15(25-4-24-14)30(5-26-8)18-12-13-21(39-18,2-36-12)3-38-42(34,35)40-11-10(32)7(1-37-43(44,45)41-13)46-19(11)31-6-27-9-16(31)28-20(23)29-17(9)33/h4-7,9-13,16,18-20,28,32H,1-3,23H2,(H,29,33)(H,34,35)(H,44,45)(H2,22,24,25)/t7-,9?,10-,11-,12-,13+,16?,18-,19-,20?,21?/m1/s1. The minimum atomic E-state index is -4.91. The van der Waals surface area contributed by atoms with Crippen molar-refractivity contribution in [2.75, 3.05) is 25.6 Å². The molecule has 250 valence electrons. The van der Waals surface area contributed by atoms with Gasteiger partial charge in [0.2, 0.25) is 5.69 Å². The molecule has 8 heterocycles. The Morgan fingerprint density at radius 3 is 2.87 bits per heavy atom. The first-order chi connectivity index (χ1) is 21.8. The SMILES string of the molecule is Nc1ncnc2c1ncn2[C@@H]1OC23CO[C@@H]1[C@@H]2OP(=S)(S)OC[C@H]1S[C@@H](N2C=NC4C(=O)NC(N)NC42)[C@H](OP(=O)(O)OC3)[C@@H]1O. The lowest BCUT2D eigenvalue weighted by atomic mass is 10.0. The molecule has 2 aromatic rings. The average molecular weight is 739 g/mol. The van der Waals surface area contributed by atoms with Crippen LogP contribution in [-0.2, 0) is 48.7 Å². The van der Waals surface area contributed by atoms with Gasteiger partial charge in [0.25, 0.3) is 5.91 Å². The van der Waals surface area contributed by atoms with Crippen molar-refractivity contribution in [1.29, 1.82) is 0 Å². The smallest absolute Gasteiger partial charge is 0.389 e. The molecule has 0 saturated carbocycles. The Balaban J connectivity index is 1.10. The van der Waals surface area contributed by atoms with E-state index in [2.05, 4.69) is 42.8 Å². The van der Waals surface area contributed by atoms with Crippen LogP contribution in [0.4, 0.5) is 5.82 Å². The lowest BCUT2D eigenvalue weighted by Gasteiger charge is -2.39. The van der Waals surface area contributed by atoms with Gasteiger partial charge in [-0.25, -0.2) is 19.5 Å². The van der Waals surface area contributed by atoms with Crippen LogP contribution in [0.15, 0.2) is 17.6 Å². The number of rotatable bonds is 2. The Morgan fingerprint density at radius 2 is 2.04 bits per heavy atom. The van der Waals surface area contributed by atoms with Crippen LogP contribution in [-0.4, -0.2) is 126 Å². The van der Waals surface area contributed by atoms with E-state index in [1.54, 1.807) is 9.47 Å². The fourth-order valence-electron chi connectivity index (χ4n) is 6.40. The van der Waals surface area contributed by atoms with Crippen molar-refractivity contribution in [3.8, 4) is 0 Å². The largest absolute Gasteiger partial charge is 0.472 e. The number of fused-ring (bicyclic) bond motifs is 4. The topological polar surface area (TPSA) is 265 Å². The van der Waals surface area contributed by atoms with Crippen molar-refractivity contribution < 1.29 is 46.9 Å². The summed E-state index contributed by atoms with van der Waals surface area (Å²) in [6.45, 7) is -0.800. The molecule has 8 rings (SSSR count). The van der Waals surface area contributed by atoms with E-state index in [4.69, 9.17) is 50.8 Å². The van der Waals surface area contributed by atoms with E-state index in [0.29, 0.717) is 11.2 Å². The van der Waals surface area contributed by atoms with Gasteiger partial charge in [-0.05, 0) is 11.8 Å². The summed E-state index contributed by atoms with van der Waals surface area (Å²) in [6.07, 6.45) is -2.75. The molecule has 5 fully saturated rings. The highest BCUT2D eigenvalue weighted by molar-refractivity contribution is 8.60. The summed E-state index contributed by atoms with van der Waals surface area (Å²) in [6, 6.07) is -0.845. The molecule has 0 aliphatic carbocycles. The molecule has 0 radical (unpaired) electrons. The monoisotopic (exact) mass is 738 g/mol. The molecule has 8 N–H and O–H groups in total. The maximum Gasteiger partial charge on any atom is 0.472 e. The van der Waals surface area contributed by atoms with Crippen molar-refractivity contribution in [3.05, 3.63) is 12.7 Å². The molecule has 2 aromatic heterocycles. The maximum atomic E-state index is 13.5. The zero-order valence-electron chi connectivity index (χ0n) is 23.3. The number of aliphatic hydroxyl groups excluding tert-OH is 1. The van der Waals surface area contributed by atoms with Gasteiger partial charge in [0.1, 0.15) is 53.6 Å². The van der Waals surface area contributed by atoms with E-state index in [1.165, 1.54) is 30.8 Å². The van der Waals surface area contributed by atoms with Crippen molar-refractivity contribution >= 4 is 78.6 Å². The lowest BCUT2D eigenvalue weighted by Crippen LogP contribution is -2.70. The van der Waals surface area contributed by atoms with E-state index >= 15 is 0 Å². The number of amides is 1. The number of carbonyl (C=O) groups is 1. The molecule has 1 amide bonds. The number of aliphatic hydroxyl groups is 1. The van der Waals surface area contributed by atoms with Crippen LogP contribution in [0.1, 0.15) is 6.23 Å². The Kier molecular flexibility index (Phi) is 7.76. The molecule has 6 aliphatic heterocycles. The summed E-state index contributed by atoms with van der Waals surface area (Å²) in [7, 11) is -4.91. The number of nitrogens with zero attached hydrogens (tertiary/aromatic N) is 6. The summed E-state index contributed by atoms with van der Waals surface area (Å²) < 4.78 is 51.2. The number of aliphatic imine (C=N–C) groups is 1. The molecule has 13 atom stereocenters. The number of phosphoric acid groups is 1. The van der Waals surface area contributed by atoms with Crippen molar-refractivity contribution in [2.24, 2.45) is 10.7 Å². The predicted octanol–water partition coefficient (Wildman–Crippen LogP) is -2.05. The second-order valence-corrected chi connectivity index (χ2v) is 19.4. The highest BCUT2D eigenvalue weighted by Gasteiger charge is 2.65. The van der Waals surface area contributed by atoms with Crippen molar-refractivity contribution in [3.63, 3.8) is 0 Å². The van der Waals surface area contributed by atoms with Crippen molar-refractivity contribution in [2.45, 2.75) is 65.4 Å².